The number of hydrazine groups is 1. The van der Waals surface area contributed by atoms with E-state index in [-0.39, 0.29) is 5.56 Å². The first-order valence-corrected chi connectivity index (χ1v) is 6.91. The Kier molecular flexibility index (Phi) is 3.55. The van der Waals surface area contributed by atoms with Gasteiger partial charge in [0.2, 0.25) is 0 Å². The largest absolute Gasteiger partial charge is 0.334 e. The standard InChI is InChI=1S/C16H15N5O2/c1-9-2-4-10(5-3-9)14-19-13-8-11(15(22)20-17)6-7-12(13)16(23)21(14)18/h2-8H,17-18H2,1H3,(H,20,22). The molecule has 0 unspecified atom stereocenters. The Labute approximate surface area is 131 Å². The second-order valence-electron chi connectivity index (χ2n) is 5.18. The van der Waals surface area contributed by atoms with Crippen LogP contribution < -0.4 is 22.7 Å². The van der Waals surface area contributed by atoms with E-state index in [4.69, 9.17) is 11.7 Å². The van der Waals surface area contributed by atoms with Crippen LogP contribution in [0.3, 0.4) is 0 Å². The molecule has 3 rings (SSSR count). The molecule has 7 heteroatoms. The summed E-state index contributed by atoms with van der Waals surface area (Å²) in [5.41, 5.74) is 4.16. The summed E-state index contributed by atoms with van der Waals surface area (Å²) < 4.78 is 1.01. The van der Waals surface area contributed by atoms with Crippen LogP contribution in [-0.4, -0.2) is 15.6 Å². The number of hydrogen-bond donors (Lipinski definition) is 3. The molecule has 3 aromatic rings. The molecule has 2 aromatic carbocycles. The number of carbonyl (C=O) groups is 1. The van der Waals surface area contributed by atoms with Crippen molar-refractivity contribution in [2.45, 2.75) is 6.92 Å². The van der Waals surface area contributed by atoms with Crippen molar-refractivity contribution in [3.05, 3.63) is 63.9 Å². The van der Waals surface area contributed by atoms with Crippen LogP contribution in [-0.2, 0) is 0 Å². The van der Waals surface area contributed by atoms with Gasteiger partial charge in [-0.15, -0.1) is 0 Å². The van der Waals surface area contributed by atoms with E-state index >= 15 is 0 Å². The maximum atomic E-state index is 12.4. The van der Waals surface area contributed by atoms with Gasteiger partial charge in [0, 0.05) is 11.1 Å². The molecule has 0 aliphatic carbocycles. The van der Waals surface area contributed by atoms with E-state index in [9.17, 15) is 9.59 Å². The number of aryl methyl sites for hydroxylation is 1. The lowest BCUT2D eigenvalue weighted by molar-refractivity contribution is 0.0954. The number of benzene rings is 2. The van der Waals surface area contributed by atoms with Gasteiger partial charge in [-0.2, -0.15) is 0 Å². The fourth-order valence-corrected chi connectivity index (χ4v) is 2.33. The molecule has 0 atom stereocenters. The van der Waals surface area contributed by atoms with Crippen molar-refractivity contribution in [2.24, 2.45) is 5.84 Å². The van der Waals surface area contributed by atoms with Gasteiger partial charge in [0.25, 0.3) is 11.5 Å². The summed E-state index contributed by atoms with van der Waals surface area (Å²) in [5, 5.41) is 0.330. The SMILES string of the molecule is Cc1ccc(-c2nc3cc(C(=O)NN)ccc3c(=O)n2N)cc1. The number of nitrogens with one attached hydrogen (secondary N) is 1. The van der Waals surface area contributed by atoms with Crippen LogP contribution in [0.25, 0.3) is 22.3 Å². The van der Waals surface area contributed by atoms with Gasteiger partial charge in [0.1, 0.15) is 0 Å². The third kappa shape index (κ3) is 2.53. The fourth-order valence-electron chi connectivity index (χ4n) is 2.33. The number of nitrogens with zero attached hydrogens (tertiary/aromatic N) is 2. The third-order valence-corrected chi connectivity index (χ3v) is 3.60. The molecule has 0 aliphatic heterocycles. The van der Waals surface area contributed by atoms with Gasteiger partial charge in [-0.1, -0.05) is 29.8 Å². The lowest BCUT2D eigenvalue weighted by Gasteiger charge is -2.10. The number of hydrogen-bond acceptors (Lipinski definition) is 5. The Morgan fingerprint density at radius 1 is 1.17 bits per heavy atom. The Morgan fingerprint density at radius 2 is 1.87 bits per heavy atom. The molecule has 1 aromatic heterocycles. The predicted molar refractivity (Wildman–Crippen MR) is 88.0 cm³/mol. The quantitative estimate of drug-likeness (QED) is 0.366. The molecule has 23 heavy (non-hydrogen) atoms. The van der Waals surface area contributed by atoms with Crippen molar-refractivity contribution in [1.29, 1.82) is 0 Å². The zero-order valence-corrected chi connectivity index (χ0v) is 12.4. The first-order valence-electron chi connectivity index (χ1n) is 6.91. The summed E-state index contributed by atoms with van der Waals surface area (Å²) in [6.07, 6.45) is 0. The highest BCUT2D eigenvalue weighted by Crippen LogP contribution is 2.19. The average molecular weight is 309 g/mol. The normalized spacial score (nSPS) is 10.7. The average Bonchev–Trinajstić information content (AvgIpc) is 2.57. The van der Waals surface area contributed by atoms with Crippen molar-refractivity contribution in [3.8, 4) is 11.4 Å². The topological polar surface area (TPSA) is 116 Å². The minimum absolute atomic E-state index is 0.316. The molecule has 0 spiro atoms. The number of rotatable bonds is 2. The second kappa shape index (κ2) is 5.54. The number of nitrogens with two attached hydrogens (primary N) is 2. The molecular weight excluding hydrogens is 294 g/mol. The fraction of sp³-hybridized carbons (Fsp3) is 0.0625. The number of nitrogen functional groups attached to an aromatic ring is 2. The van der Waals surface area contributed by atoms with Crippen LogP contribution in [0, 0.1) is 6.92 Å². The number of aromatic nitrogens is 2. The highest BCUT2D eigenvalue weighted by Gasteiger charge is 2.13. The Hall–Kier alpha value is -3.19. The van der Waals surface area contributed by atoms with E-state index in [1.165, 1.54) is 18.2 Å². The Bertz CT molecular complexity index is 961. The van der Waals surface area contributed by atoms with Gasteiger partial charge < -0.3 is 5.84 Å². The monoisotopic (exact) mass is 309 g/mol. The Morgan fingerprint density at radius 3 is 2.52 bits per heavy atom. The molecule has 0 bridgehead atoms. The minimum Gasteiger partial charge on any atom is -0.334 e. The van der Waals surface area contributed by atoms with Gasteiger partial charge >= 0.3 is 0 Å². The maximum absolute atomic E-state index is 12.4. The first-order chi connectivity index (χ1) is 11.0. The van der Waals surface area contributed by atoms with Gasteiger partial charge in [-0.05, 0) is 25.1 Å². The van der Waals surface area contributed by atoms with Crippen LogP contribution in [0.2, 0.25) is 0 Å². The molecule has 0 aliphatic rings. The number of fused-ring (bicyclic) bond motifs is 1. The van der Waals surface area contributed by atoms with E-state index in [0.29, 0.717) is 27.9 Å². The summed E-state index contributed by atoms with van der Waals surface area (Å²) in [6.45, 7) is 1.96. The van der Waals surface area contributed by atoms with Crippen LogP contribution >= 0.6 is 0 Å². The first kappa shape index (κ1) is 14.7. The highest BCUT2D eigenvalue weighted by molar-refractivity contribution is 5.97. The van der Waals surface area contributed by atoms with Crippen LogP contribution in [0.4, 0.5) is 0 Å². The number of amides is 1. The summed E-state index contributed by atoms with van der Waals surface area (Å²) in [7, 11) is 0. The predicted octanol–water partition coefficient (Wildman–Crippen LogP) is 0.689. The lowest BCUT2D eigenvalue weighted by atomic mass is 10.1. The maximum Gasteiger partial charge on any atom is 0.280 e. The second-order valence-corrected chi connectivity index (χ2v) is 5.18. The number of carbonyl (C=O) groups excluding carboxylic acids is 1. The molecule has 0 fully saturated rings. The van der Waals surface area contributed by atoms with E-state index in [0.717, 1.165) is 10.2 Å². The molecule has 116 valence electrons. The van der Waals surface area contributed by atoms with Crippen molar-refractivity contribution < 1.29 is 4.79 Å². The zero-order chi connectivity index (χ0) is 16.6. The molecule has 1 amide bonds. The van der Waals surface area contributed by atoms with E-state index < -0.39 is 5.91 Å². The molecule has 1 heterocycles. The van der Waals surface area contributed by atoms with Crippen molar-refractivity contribution in [3.63, 3.8) is 0 Å². The molecular formula is C16H15N5O2. The summed E-state index contributed by atoms with van der Waals surface area (Å²) >= 11 is 0. The molecule has 7 nitrogen and oxygen atoms in total. The lowest BCUT2D eigenvalue weighted by Crippen LogP contribution is -2.31. The van der Waals surface area contributed by atoms with Crippen LogP contribution in [0.1, 0.15) is 15.9 Å². The summed E-state index contributed by atoms with van der Waals surface area (Å²) in [5.74, 6) is 10.9. The van der Waals surface area contributed by atoms with Crippen LogP contribution in [0.5, 0.6) is 0 Å². The van der Waals surface area contributed by atoms with Crippen molar-refractivity contribution >= 4 is 16.8 Å². The van der Waals surface area contributed by atoms with Gasteiger partial charge in [0.15, 0.2) is 5.82 Å². The highest BCUT2D eigenvalue weighted by atomic mass is 16.2. The molecule has 0 radical (unpaired) electrons. The van der Waals surface area contributed by atoms with E-state index in [1.807, 2.05) is 36.6 Å². The van der Waals surface area contributed by atoms with Crippen molar-refractivity contribution in [2.75, 3.05) is 5.84 Å². The van der Waals surface area contributed by atoms with E-state index in [1.54, 1.807) is 0 Å². The van der Waals surface area contributed by atoms with Gasteiger partial charge in [-0.3, -0.25) is 15.0 Å². The molecule has 0 saturated heterocycles. The minimum atomic E-state index is -0.456. The third-order valence-electron chi connectivity index (χ3n) is 3.60. The van der Waals surface area contributed by atoms with Crippen LogP contribution in [0.15, 0.2) is 47.3 Å². The summed E-state index contributed by atoms with van der Waals surface area (Å²) in [6, 6.07) is 12.0. The Balaban J connectivity index is 2.26. The van der Waals surface area contributed by atoms with Gasteiger partial charge in [-0.25, -0.2) is 15.5 Å². The molecule has 0 saturated carbocycles. The van der Waals surface area contributed by atoms with E-state index in [2.05, 4.69) is 4.98 Å². The summed E-state index contributed by atoms with van der Waals surface area (Å²) in [4.78, 5) is 28.5. The zero-order valence-electron chi connectivity index (χ0n) is 12.4. The van der Waals surface area contributed by atoms with Gasteiger partial charge in [0.05, 0.1) is 10.9 Å². The molecule has 5 N–H and O–H groups in total. The van der Waals surface area contributed by atoms with Crippen molar-refractivity contribution in [1.82, 2.24) is 15.1 Å². The smallest absolute Gasteiger partial charge is 0.280 e.